The molecule has 0 amide bonds. The number of aliphatic hydroxyl groups is 1. The molecule has 0 bridgehead atoms. The smallest absolute Gasteiger partial charge is 0.0558 e. The van der Waals surface area contributed by atoms with Crippen LogP contribution in [0.1, 0.15) is 33.6 Å². The Morgan fingerprint density at radius 3 is 2.53 bits per heavy atom. The molecule has 0 aliphatic heterocycles. The van der Waals surface area contributed by atoms with E-state index in [2.05, 4.69) is 25.7 Å². The SMILES string of the molecule is CCN(CCO)CC1CCC(C)(C)C1N. The Balaban J connectivity index is 2.45. The molecular formula is C12H26N2O. The maximum absolute atomic E-state index is 8.94. The molecule has 0 spiro atoms. The van der Waals surface area contributed by atoms with Gasteiger partial charge in [-0.05, 0) is 30.7 Å². The van der Waals surface area contributed by atoms with E-state index in [0.717, 1.165) is 19.6 Å². The van der Waals surface area contributed by atoms with Gasteiger partial charge in [0.05, 0.1) is 6.61 Å². The van der Waals surface area contributed by atoms with Crippen molar-refractivity contribution in [3.8, 4) is 0 Å². The number of hydrogen-bond acceptors (Lipinski definition) is 3. The molecule has 15 heavy (non-hydrogen) atoms. The van der Waals surface area contributed by atoms with E-state index in [-0.39, 0.29) is 6.61 Å². The molecular weight excluding hydrogens is 188 g/mol. The van der Waals surface area contributed by atoms with Crippen LogP contribution in [-0.2, 0) is 0 Å². The standard InChI is InChI=1S/C12H26N2O/c1-4-14(7-8-15)9-10-5-6-12(2,3)11(10)13/h10-11,15H,4-9,13H2,1-3H3. The van der Waals surface area contributed by atoms with Crippen LogP contribution in [0.5, 0.6) is 0 Å². The number of rotatable bonds is 5. The first kappa shape index (κ1) is 12.9. The number of hydrogen-bond donors (Lipinski definition) is 2. The Hall–Kier alpha value is -0.120. The summed E-state index contributed by atoms with van der Waals surface area (Å²) in [6.45, 7) is 9.74. The molecule has 2 atom stereocenters. The quantitative estimate of drug-likeness (QED) is 0.719. The van der Waals surface area contributed by atoms with Gasteiger partial charge >= 0.3 is 0 Å². The van der Waals surface area contributed by atoms with Crippen molar-refractivity contribution in [1.29, 1.82) is 0 Å². The van der Waals surface area contributed by atoms with Crippen LogP contribution in [0.3, 0.4) is 0 Å². The lowest BCUT2D eigenvalue weighted by Crippen LogP contribution is -2.42. The molecule has 0 aromatic rings. The van der Waals surface area contributed by atoms with Crippen LogP contribution in [0, 0.1) is 11.3 Å². The van der Waals surface area contributed by atoms with E-state index in [1.807, 2.05) is 0 Å². The summed E-state index contributed by atoms with van der Waals surface area (Å²) in [6, 6.07) is 0.310. The molecule has 0 saturated heterocycles. The van der Waals surface area contributed by atoms with Gasteiger partial charge in [-0.2, -0.15) is 0 Å². The minimum atomic E-state index is 0.249. The van der Waals surface area contributed by atoms with E-state index in [0.29, 0.717) is 17.4 Å². The maximum atomic E-state index is 8.94. The minimum Gasteiger partial charge on any atom is -0.395 e. The number of nitrogens with zero attached hydrogens (tertiary/aromatic N) is 1. The highest BCUT2D eigenvalue weighted by atomic mass is 16.3. The predicted octanol–water partition coefficient (Wildman–Crippen LogP) is 1.06. The first-order valence-electron chi connectivity index (χ1n) is 6.10. The third kappa shape index (κ3) is 3.16. The number of aliphatic hydroxyl groups excluding tert-OH is 1. The third-order valence-corrected chi connectivity index (χ3v) is 3.93. The second kappa shape index (κ2) is 5.28. The summed E-state index contributed by atoms with van der Waals surface area (Å²) in [5.74, 6) is 0.603. The van der Waals surface area contributed by atoms with Gasteiger partial charge in [0, 0.05) is 19.1 Å². The van der Waals surface area contributed by atoms with Gasteiger partial charge in [-0.1, -0.05) is 20.8 Å². The minimum absolute atomic E-state index is 0.249. The first-order valence-corrected chi connectivity index (χ1v) is 6.10. The molecule has 3 nitrogen and oxygen atoms in total. The largest absolute Gasteiger partial charge is 0.395 e. The first-order chi connectivity index (χ1) is 7.01. The average molecular weight is 214 g/mol. The van der Waals surface area contributed by atoms with Gasteiger partial charge in [0.2, 0.25) is 0 Å². The fourth-order valence-corrected chi connectivity index (χ4v) is 2.60. The summed E-state index contributed by atoms with van der Waals surface area (Å²) in [6.07, 6.45) is 2.46. The zero-order valence-electron chi connectivity index (χ0n) is 10.4. The van der Waals surface area contributed by atoms with Crippen LogP contribution in [0.4, 0.5) is 0 Å². The Kier molecular flexibility index (Phi) is 4.56. The summed E-state index contributed by atoms with van der Waals surface area (Å²) < 4.78 is 0. The Labute approximate surface area is 93.6 Å². The van der Waals surface area contributed by atoms with Crippen molar-refractivity contribution in [3.05, 3.63) is 0 Å². The fraction of sp³-hybridized carbons (Fsp3) is 1.00. The van der Waals surface area contributed by atoms with Crippen molar-refractivity contribution in [2.24, 2.45) is 17.1 Å². The van der Waals surface area contributed by atoms with Gasteiger partial charge in [-0.15, -0.1) is 0 Å². The molecule has 1 rings (SSSR count). The van der Waals surface area contributed by atoms with Crippen molar-refractivity contribution in [1.82, 2.24) is 4.90 Å². The van der Waals surface area contributed by atoms with E-state index in [1.165, 1.54) is 12.8 Å². The zero-order valence-corrected chi connectivity index (χ0v) is 10.4. The molecule has 0 aromatic carbocycles. The van der Waals surface area contributed by atoms with Gasteiger partial charge in [-0.3, -0.25) is 0 Å². The van der Waals surface area contributed by atoms with Crippen LogP contribution in [0.25, 0.3) is 0 Å². The molecule has 1 fully saturated rings. The van der Waals surface area contributed by atoms with Gasteiger partial charge < -0.3 is 15.7 Å². The maximum Gasteiger partial charge on any atom is 0.0558 e. The summed E-state index contributed by atoms with van der Waals surface area (Å²) in [5, 5.41) is 8.94. The highest BCUT2D eigenvalue weighted by molar-refractivity contribution is 4.94. The molecule has 90 valence electrons. The molecule has 0 aromatic heterocycles. The van der Waals surface area contributed by atoms with Gasteiger partial charge in [0.25, 0.3) is 0 Å². The summed E-state index contributed by atoms with van der Waals surface area (Å²) >= 11 is 0. The Morgan fingerprint density at radius 2 is 2.13 bits per heavy atom. The lowest BCUT2D eigenvalue weighted by molar-refractivity contribution is 0.169. The molecule has 2 unspecified atom stereocenters. The normalized spacial score (nSPS) is 30.0. The second-order valence-electron chi connectivity index (χ2n) is 5.43. The van der Waals surface area contributed by atoms with Crippen molar-refractivity contribution < 1.29 is 5.11 Å². The molecule has 0 radical (unpaired) electrons. The topological polar surface area (TPSA) is 49.5 Å². The number of likely N-dealkylation sites (N-methyl/N-ethyl adjacent to an activating group) is 1. The summed E-state index contributed by atoms with van der Waals surface area (Å²) in [7, 11) is 0. The average Bonchev–Trinajstić information content (AvgIpc) is 2.44. The Morgan fingerprint density at radius 1 is 1.47 bits per heavy atom. The van der Waals surface area contributed by atoms with Gasteiger partial charge in [-0.25, -0.2) is 0 Å². The van der Waals surface area contributed by atoms with Crippen LogP contribution in [-0.4, -0.2) is 42.3 Å². The van der Waals surface area contributed by atoms with Crippen LogP contribution >= 0.6 is 0 Å². The molecule has 3 N–H and O–H groups in total. The van der Waals surface area contributed by atoms with Gasteiger partial charge in [0.15, 0.2) is 0 Å². The van der Waals surface area contributed by atoms with E-state index in [9.17, 15) is 0 Å². The highest BCUT2D eigenvalue weighted by Gasteiger charge is 2.39. The van der Waals surface area contributed by atoms with Crippen LogP contribution in [0.2, 0.25) is 0 Å². The lowest BCUT2D eigenvalue weighted by Gasteiger charge is -2.30. The highest BCUT2D eigenvalue weighted by Crippen LogP contribution is 2.40. The van der Waals surface area contributed by atoms with E-state index in [4.69, 9.17) is 10.8 Å². The summed E-state index contributed by atoms with van der Waals surface area (Å²) in [4.78, 5) is 2.30. The van der Waals surface area contributed by atoms with E-state index >= 15 is 0 Å². The number of nitrogens with two attached hydrogens (primary N) is 1. The Bertz CT molecular complexity index is 194. The summed E-state index contributed by atoms with van der Waals surface area (Å²) in [5.41, 5.74) is 6.56. The monoisotopic (exact) mass is 214 g/mol. The predicted molar refractivity (Wildman–Crippen MR) is 63.7 cm³/mol. The molecule has 0 heterocycles. The zero-order chi connectivity index (χ0) is 11.5. The van der Waals surface area contributed by atoms with Crippen molar-refractivity contribution in [2.45, 2.75) is 39.7 Å². The van der Waals surface area contributed by atoms with E-state index in [1.54, 1.807) is 0 Å². The fourth-order valence-electron chi connectivity index (χ4n) is 2.60. The lowest BCUT2D eigenvalue weighted by atomic mass is 9.85. The van der Waals surface area contributed by atoms with Gasteiger partial charge in [0.1, 0.15) is 0 Å². The van der Waals surface area contributed by atoms with Crippen LogP contribution < -0.4 is 5.73 Å². The molecule has 3 heteroatoms. The van der Waals surface area contributed by atoms with Crippen molar-refractivity contribution >= 4 is 0 Å². The molecule has 1 aliphatic rings. The van der Waals surface area contributed by atoms with E-state index < -0.39 is 0 Å². The third-order valence-electron chi connectivity index (χ3n) is 3.93. The van der Waals surface area contributed by atoms with Crippen LogP contribution in [0.15, 0.2) is 0 Å². The van der Waals surface area contributed by atoms with Crippen molar-refractivity contribution in [3.63, 3.8) is 0 Å². The second-order valence-corrected chi connectivity index (χ2v) is 5.43. The molecule has 1 aliphatic carbocycles. The molecule has 1 saturated carbocycles. The van der Waals surface area contributed by atoms with Crippen molar-refractivity contribution in [2.75, 3.05) is 26.2 Å².